The SMILES string of the molecule is COc1cc(C(=O)NNC(=O)NC(C)c2ncc(-c3cc(Cl)cc(F)c3Cl)cc2F)on1. The normalized spacial score (nSPS) is 11.6. The molecule has 1 unspecified atom stereocenters. The fourth-order valence-corrected chi connectivity index (χ4v) is 3.04. The molecular formula is C19H15Cl2F2N5O4. The van der Waals surface area contributed by atoms with Crippen molar-refractivity contribution in [1.82, 2.24) is 26.3 Å². The number of amides is 3. The van der Waals surface area contributed by atoms with E-state index in [-0.39, 0.29) is 38.5 Å². The Morgan fingerprint density at radius 2 is 1.88 bits per heavy atom. The molecule has 0 saturated carbocycles. The summed E-state index contributed by atoms with van der Waals surface area (Å²) in [6.45, 7) is 1.47. The lowest BCUT2D eigenvalue weighted by molar-refractivity contribution is 0.0898. The zero-order valence-electron chi connectivity index (χ0n) is 16.5. The van der Waals surface area contributed by atoms with Gasteiger partial charge in [0.2, 0.25) is 5.76 Å². The number of nitrogens with one attached hydrogen (secondary N) is 3. The van der Waals surface area contributed by atoms with Gasteiger partial charge in [-0.25, -0.2) is 19.0 Å². The van der Waals surface area contributed by atoms with Gasteiger partial charge >= 0.3 is 11.9 Å². The van der Waals surface area contributed by atoms with Crippen LogP contribution >= 0.6 is 23.2 Å². The van der Waals surface area contributed by atoms with Crippen molar-refractivity contribution in [3.63, 3.8) is 0 Å². The molecule has 0 radical (unpaired) electrons. The van der Waals surface area contributed by atoms with E-state index < -0.39 is 29.6 Å². The zero-order valence-corrected chi connectivity index (χ0v) is 18.0. The minimum atomic E-state index is -0.891. The summed E-state index contributed by atoms with van der Waals surface area (Å²) < 4.78 is 37.9. The molecule has 1 aromatic carbocycles. The monoisotopic (exact) mass is 485 g/mol. The molecule has 32 heavy (non-hydrogen) atoms. The number of hydrazine groups is 1. The van der Waals surface area contributed by atoms with E-state index in [1.807, 2.05) is 0 Å². The van der Waals surface area contributed by atoms with Crippen LogP contribution in [0.2, 0.25) is 10.0 Å². The number of benzene rings is 1. The first-order valence-electron chi connectivity index (χ1n) is 8.87. The van der Waals surface area contributed by atoms with E-state index in [1.54, 1.807) is 0 Å². The second kappa shape index (κ2) is 9.79. The smallest absolute Gasteiger partial charge is 0.334 e. The van der Waals surface area contributed by atoms with Crippen molar-refractivity contribution >= 4 is 35.1 Å². The number of urea groups is 1. The van der Waals surface area contributed by atoms with Crippen molar-refractivity contribution < 1.29 is 27.6 Å². The standard InChI is InChI=1S/C19H15Cl2F2N5O4/c1-8(25-19(30)27-26-18(29)14-6-15(31-2)28-32-14)17-13(23)3-9(7-24-17)11-4-10(20)5-12(22)16(11)21/h3-8H,1-2H3,(H,26,29)(H2,25,27,30). The molecule has 9 nitrogen and oxygen atoms in total. The summed E-state index contributed by atoms with van der Waals surface area (Å²) in [6, 6.07) is 2.99. The molecular weight excluding hydrogens is 471 g/mol. The molecule has 2 aromatic heterocycles. The number of ether oxygens (including phenoxy) is 1. The minimum absolute atomic E-state index is 0.0834. The highest BCUT2D eigenvalue weighted by atomic mass is 35.5. The molecule has 168 valence electrons. The van der Waals surface area contributed by atoms with Gasteiger partial charge in [0.1, 0.15) is 11.6 Å². The minimum Gasteiger partial charge on any atom is -0.479 e. The van der Waals surface area contributed by atoms with E-state index in [2.05, 4.69) is 26.3 Å². The molecule has 0 saturated heterocycles. The van der Waals surface area contributed by atoms with Crippen LogP contribution in [-0.4, -0.2) is 29.2 Å². The topological polar surface area (TPSA) is 118 Å². The first kappa shape index (κ1) is 23.2. The number of nitrogens with zero attached hydrogens (tertiary/aromatic N) is 2. The Balaban J connectivity index is 1.64. The van der Waals surface area contributed by atoms with Gasteiger partial charge in [0.25, 0.3) is 5.88 Å². The number of pyridine rings is 1. The summed E-state index contributed by atoms with van der Waals surface area (Å²) >= 11 is 11.8. The van der Waals surface area contributed by atoms with Crippen molar-refractivity contribution in [3.8, 4) is 17.0 Å². The predicted octanol–water partition coefficient (Wildman–Crippen LogP) is 4.04. The average Bonchev–Trinajstić information content (AvgIpc) is 3.23. The van der Waals surface area contributed by atoms with E-state index in [4.69, 9.17) is 32.5 Å². The number of carbonyl (C=O) groups excluding carboxylic acids is 2. The Hall–Kier alpha value is -3.44. The van der Waals surface area contributed by atoms with E-state index in [0.29, 0.717) is 0 Å². The molecule has 3 amide bonds. The fourth-order valence-electron chi connectivity index (χ4n) is 2.62. The van der Waals surface area contributed by atoms with Gasteiger partial charge in [0.05, 0.1) is 29.9 Å². The van der Waals surface area contributed by atoms with Crippen molar-refractivity contribution in [2.45, 2.75) is 13.0 Å². The van der Waals surface area contributed by atoms with Gasteiger partial charge < -0.3 is 14.6 Å². The highest BCUT2D eigenvalue weighted by molar-refractivity contribution is 6.35. The Morgan fingerprint density at radius 1 is 1.12 bits per heavy atom. The second-order valence-corrected chi connectivity index (χ2v) is 7.16. The molecule has 3 rings (SSSR count). The van der Waals surface area contributed by atoms with Gasteiger partial charge in [-0.3, -0.25) is 15.2 Å². The number of hydrogen-bond donors (Lipinski definition) is 3. The van der Waals surface area contributed by atoms with Gasteiger partial charge in [-0.2, -0.15) is 0 Å². The fraction of sp³-hybridized carbons (Fsp3) is 0.158. The van der Waals surface area contributed by atoms with E-state index in [9.17, 15) is 18.4 Å². The van der Waals surface area contributed by atoms with Crippen LogP contribution in [0.5, 0.6) is 5.88 Å². The largest absolute Gasteiger partial charge is 0.479 e. The van der Waals surface area contributed by atoms with Gasteiger partial charge in [-0.1, -0.05) is 23.2 Å². The van der Waals surface area contributed by atoms with Gasteiger partial charge in [-0.15, -0.1) is 0 Å². The van der Waals surface area contributed by atoms with Crippen LogP contribution in [0.1, 0.15) is 29.2 Å². The average molecular weight is 486 g/mol. The zero-order chi connectivity index (χ0) is 23.4. The third-order valence-corrected chi connectivity index (χ3v) is 4.74. The van der Waals surface area contributed by atoms with Crippen LogP contribution < -0.4 is 20.9 Å². The first-order valence-corrected chi connectivity index (χ1v) is 9.63. The van der Waals surface area contributed by atoms with Crippen LogP contribution in [0.15, 0.2) is 35.0 Å². The number of aromatic nitrogens is 2. The summed E-state index contributed by atoms with van der Waals surface area (Å²) in [5.74, 6) is -2.43. The number of methoxy groups -OCH3 is 1. The molecule has 0 fully saturated rings. The molecule has 13 heteroatoms. The third kappa shape index (κ3) is 5.24. The molecule has 1 atom stereocenters. The maximum atomic E-state index is 14.6. The van der Waals surface area contributed by atoms with Gasteiger partial charge in [0, 0.05) is 22.3 Å². The van der Waals surface area contributed by atoms with Crippen molar-refractivity contribution in [1.29, 1.82) is 0 Å². The maximum Gasteiger partial charge on any atom is 0.334 e. The molecule has 3 aromatic rings. The lowest BCUT2D eigenvalue weighted by Gasteiger charge is -2.16. The molecule has 0 aliphatic heterocycles. The van der Waals surface area contributed by atoms with Crippen LogP contribution in [0.4, 0.5) is 13.6 Å². The Kier molecular flexibility index (Phi) is 7.11. The number of rotatable bonds is 5. The third-order valence-electron chi connectivity index (χ3n) is 4.14. The highest BCUT2D eigenvalue weighted by Gasteiger charge is 2.19. The van der Waals surface area contributed by atoms with Crippen molar-refractivity contribution in [2.24, 2.45) is 0 Å². The number of carbonyl (C=O) groups is 2. The van der Waals surface area contributed by atoms with Gasteiger partial charge in [0.15, 0.2) is 0 Å². The lowest BCUT2D eigenvalue weighted by atomic mass is 10.1. The molecule has 0 aliphatic rings. The number of halogens is 4. The molecule has 2 heterocycles. The van der Waals surface area contributed by atoms with Crippen LogP contribution in [0.3, 0.4) is 0 Å². The molecule has 0 bridgehead atoms. The maximum absolute atomic E-state index is 14.6. The lowest BCUT2D eigenvalue weighted by Crippen LogP contribution is -2.47. The van der Waals surface area contributed by atoms with Gasteiger partial charge in [-0.05, 0) is 30.3 Å². The summed E-state index contributed by atoms with van der Waals surface area (Å²) in [5, 5.41) is 5.71. The van der Waals surface area contributed by atoms with Crippen LogP contribution in [0.25, 0.3) is 11.1 Å². The Labute approximate surface area is 190 Å². The Bertz CT molecular complexity index is 1170. The first-order chi connectivity index (χ1) is 15.2. The number of hydrogen-bond acceptors (Lipinski definition) is 6. The van der Waals surface area contributed by atoms with E-state index in [0.717, 1.165) is 12.1 Å². The summed E-state index contributed by atoms with van der Waals surface area (Å²) in [5.41, 5.74) is 4.43. The quantitative estimate of drug-likeness (QED) is 0.370. The Morgan fingerprint density at radius 3 is 2.53 bits per heavy atom. The van der Waals surface area contributed by atoms with Crippen LogP contribution in [-0.2, 0) is 0 Å². The molecule has 0 spiro atoms. The molecule has 0 aliphatic carbocycles. The molecule has 3 N–H and O–H groups in total. The predicted molar refractivity (Wildman–Crippen MR) is 110 cm³/mol. The summed E-state index contributed by atoms with van der Waals surface area (Å²) in [7, 11) is 1.34. The van der Waals surface area contributed by atoms with E-state index >= 15 is 0 Å². The second-order valence-electron chi connectivity index (χ2n) is 6.35. The van der Waals surface area contributed by atoms with E-state index in [1.165, 1.54) is 32.4 Å². The summed E-state index contributed by atoms with van der Waals surface area (Å²) in [6.07, 6.45) is 1.27. The van der Waals surface area contributed by atoms with Crippen LogP contribution in [0, 0.1) is 11.6 Å². The summed E-state index contributed by atoms with van der Waals surface area (Å²) in [4.78, 5) is 27.9. The highest BCUT2D eigenvalue weighted by Crippen LogP contribution is 2.33. The van der Waals surface area contributed by atoms with Crippen molar-refractivity contribution in [3.05, 3.63) is 63.6 Å². The van der Waals surface area contributed by atoms with Crippen molar-refractivity contribution in [2.75, 3.05) is 7.11 Å².